The molecule has 0 aliphatic heterocycles. The molecule has 0 atom stereocenters. The van der Waals surface area contributed by atoms with Gasteiger partial charge in [0.05, 0.1) is 0 Å². The second-order valence-corrected chi connectivity index (χ2v) is 27.8. The summed E-state index contributed by atoms with van der Waals surface area (Å²) < 4.78 is 0.694. The Kier molecular flexibility index (Phi) is 3.24. The molecule has 0 saturated heterocycles. The predicted octanol–water partition coefficient (Wildman–Crippen LogP) is 2.95. The van der Waals surface area contributed by atoms with Crippen LogP contribution in [-0.2, 0) is 0 Å². The summed E-state index contributed by atoms with van der Waals surface area (Å²) in [5.41, 5.74) is 0. The summed E-state index contributed by atoms with van der Waals surface area (Å²) >= 11 is -3.84. The fraction of sp³-hybridized carbons (Fsp3) is 0.857. The molecule has 0 bridgehead atoms. The van der Waals surface area contributed by atoms with E-state index in [-0.39, 0.29) is 0 Å². The van der Waals surface area contributed by atoms with E-state index in [2.05, 4.69) is 34.5 Å². The van der Waals surface area contributed by atoms with Crippen molar-refractivity contribution in [1.29, 1.82) is 0 Å². The van der Waals surface area contributed by atoms with Crippen molar-refractivity contribution in [3.05, 3.63) is 0 Å². The summed E-state index contributed by atoms with van der Waals surface area (Å²) in [6, 6.07) is 0. The second-order valence-electron chi connectivity index (χ2n) is 4.83. The third-order valence-corrected chi connectivity index (χ3v) is 23.4. The third-order valence-electron chi connectivity index (χ3n) is 1.36. The van der Waals surface area contributed by atoms with Crippen molar-refractivity contribution in [1.82, 2.24) is 0 Å². The van der Waals surface area contributed by atoms with E-state index in [9.17, 15) is 4.79 Å². The molecule has 0 N–H and O–H groups in total. The van der Waals surface area contributed by atoms with Gasteiger partial charge in [0.25, 0.3) is 0 Å². The van der Waals surface area contributed by atoms with Crippen LogP contribution in [0.25, 0.3) is 0 Å². The Balaban J connectivity index is 4.40. The molecule has 0 aliphatic carbocycles. The zero-order chi connectivity index (χ0) is 8.58. The minimum absolute atomic E-state index is 0.694. The molecule has 3 heteroatoms. The molecule has 0 amide bonds. The Morgan fingerprint density at radius 2 is 1.00 bits per heavy atom. The summed E-state index contributed by atoms with van der Waals surface area (Å²) in [4.78, 5) is 11.7. The Hall–Kier alpha value is 0.756. The van der Waals surface area contributed by atoms with Gasteiger partial charge in [0.2, 0.25) is 0 Å². The number of hydrogen-bond donors (Lipinski definition) is 0. The molecule has 0 spiro atoms. The van der Waals surface area contributed by atoms with Crippen molar-refractivity contribution in [2.75, 3.05) is 0 Å². The maximum absolute atomic E-state index is 11.7. The van der Waals surface area contributed by atoms with Gasteiger partial charge in [-0.25, -0.2) is 0 Å². The quantitative estimate of drug-likeness (QED) is 0.700. The van der Waals surface area contributed by atoms with E-state index in [1.165, 1.54) is 0 Å². The van der Waals surface area contributed by atoms with Gasteiger partial charge in [-0.2, -0.15) is 0 Å². The van der Waals surface area contributed by atoms with E-state index in [0.29, 0.717) is 3.45 Å². The molecule has 0 aromatic rings. The monoisotopic (exact) mass is 266 g/mol. The predicted molar refractivity (Wildman–Crippen MR) is 52.1 cm³/mol. The van der Waals surface area contributed by atoms with Crippen molar-refractivity contribution < 1.29 is 4.79 Å². The van der Waals surface area contributed by atoms with Gasteiger partial charge in [-0.15, -0.1) is 0 Å². The fourth-order valence-corrected chi connectivity index (χ4v) is 30.4. The zero-order valence-corrected chi connectivity index (χ0v) is 12.1. The Labute approximate surface area is 69.3 Å². The number of carbonyl (C=O) groups is 1. The summed E-state index contributed by atoms with van der Waals surface area (Å²) in [7, 11) is 0. The van der Waals surface area contributed by atoms with Gasteiger partial charge in [0.15, 0.2) is 0 Å². The molecule has 60 valence electrons. The fourth-order valence-electron chi connectivity index (χ4n) is 1.12. The van der Waals surface area contributed by atoms with Crippen molar-refractivity contribution >= 4 is 30.0 Å². The molecule has 10 heavy (non-hydrogen) atoms. The first-order chi connectivity index (χ1) is 4.15. The second kappa shape index (κ2) is 3.01. The first-order valence-corrected chi connectivity index (χ1v) is 18.4. The minimum atomic E-state index is -1.92. The molecule has 0 aromatic carbocycles. The molecule has 0 radical (unpaired) electrons. The first-order valence-electron chi connectivity index (χ1n) is 3.70. The SMILES string of the molecule is [CH3][Ge]([CH3])([CH3])[C](=O)[Ge]([CH3])([CH3])[CH3]. The van der Waals surface area contributed by atoms with Crippen LogP contribution in [0, 0.1) is 0 Å². The van der Waals surface area contributed by atoms with Crippen molar-refractivity contribution in [2.45, 2.75) is 34.5 Å². The van der Waals surface area contributed by atoms with Gasteiger partial charge in [0, 0.05) is 0 Å². The van der Waals surface area contributed by atoms with E-state index in [4.69, 9.17) is 0 Å². The van der Waals surface area contributed by atoms with Crippen LogP contribution >= 0.6 is 0 Å². The van der Waals surface area contributed by atoms with Gasteiger partial charge < -0.3 is 0 Å². The van der Waals surface area contributed by atoms with Crippen molar-refractivity contribution in [3.8, 4) is 0 Å². The normalized spacial score (nSPS) is 13.4. The van der Waals surface area contributed by atoms with Gasteiger partial charge in [-0.3, -0.25) is 0 Å². The van der Waals surface area contributed by atoms with Crippen molar-refractivity contribution in [3.63, 3.8) is 0 Å². The van der Waals surface area contributed by atoms with Gasteiger partial charge in [-0.1, -0.05) is 0 Å². The summed E-state index contributed by atoms with van der Waals surface area (Å²) in [6.45, 7) is 0. The van der Waals surface area contributed by atoms with Crippen LogP contribution in [0.4, 0.5) is 4.79 Å². The van der Waals surface area contributed by atoms with Crippen LogP contribution in [0.15, 0.2) is 0 Å². The van der Waals surface area contributed by atoms with Gasteiger partial charge >= 0.3 is 69.3 Å². The Bertz CT molecular complexity index is 123. The van der Waals surface area contributed by atoms with E-state index in [1.54, 1.807) is 0 Å². The number of hydrogen-bond acceptors (Lipinski definition) is 1. The van der Waals surface area contributed by atoms with Crippen molar-refractivity contribution in [2.24, 2.45) is 0 Å². The molecule has 0 heterocycles. The summed E-state index contributed by atoms with van der Waals surface area (Å²) in [5, 5.41) is 0. The summed E-state index contributed by atoms with van der Waals surface area (Å²) in [5.74, 6) is 13.2. The molecular formula is C7H18Ge2O. The molecular weight excluding hydrogens is 245 g/mol. The summed E-state index contributed by atoms with van der Waals surface area (Å²) in [6.07, 6.45) is 0. The van der Waals surface area contributed by atoms with E-state index < -0.39 is 26.5 Å². The van der Waals surface area contributed by atoms with E-state index in [0.717, 1.165) is 0 Å². The first kappa shape index (κ1) is 10.8. The Morgan fingerprint density at radius 1 is 0.800 bits per heavy atom. The molecule has 0 aromatic heterocycles. The molecule has 0 unspecified atom stereocenters. The third kappa shape index (κ3) is 3.24. The van der Waals surface area contributed by atoms with E-state index >= 15 is 0 Å². The van der Waals surface area contributed by atoms with Crippen LogP contribution in [0.2, 0.25) is 34.5 Å². The average Bonchev–Trinajstić information content (AvgIpc) is 1.59. The molecule has 0 fully saturated rings. The molecule has 0 saturated carbocycles. The van der Waals surface area contributed by atoms with Crippen LogP contribution < -0.4 is 0 Å². The average molecular weight is 263 g/mol. The maximum atomic E-state index is 11.7. The van der Waals surface area contributed by atoms with Crippen LogP contribution in [0.5, 0.6) is 0 Å². The topological polar surface area (TPSA) is 17.1 Å². The molecule has 0 rings (SSSR count). The van der Waals surface area contributed by atoms with E-state index in [1.807, 2.05) is 0 Å². The number of rotatable bonds is 2. The van der Waals surface area contributed by atoms with Crippen LogP contribution in [0.3, 0.4) is 0 Å². The van der Waals surface area contributed by atoms with Gasteiger partial charge in [-0.05, 0) is 0 Å². The zero-order valence-electron chi connectivity index (χ0n) is 7.91. The Morgan fingerprint density at radius 3 is 1.00 bits per heavy atom. The molecule has 0 aliphatic rings. The standard InChI is InChI=1S/C7H18Ge2O/c1-8(2,3)7(10)9(4,5)6/h1-6H3. The van der Waals surface area contributed by atoms with Crippen LogP contribution in [0.1, 0.15) is 0 Å². The number of carbonyl (C=O) groups excluding carboxylic acids is 1. The van der Waals surface area contributed by atoms with Crippen LogP contribution in [-0.4, -0.2) is 30.0 Å². The van der Waals surface area contributed by atoms with Gasteiger partial charge in [0.1, 0.15) is 0 Å². The molecule has 1 nitrogen and oxygen atoms in total.